The lowest BCUT2D eigenvalue weighted by Gasteiger charge is -2.11. The summed E-state index contributed by atoms with van der Waals surface area (Å²) in [6.07, 6.45) is 0. The number of aromatic nitrogens is 3. The average Bonchev–Trinajstić information content (AvgIpc) is 3.63. The molecule has 7 aromatic carbocycles. The Balaban J connectivity index is 1.43. The summed E-state index contributed by atoms with van der Waals surface area (Å²) < 4.78 is 4.70. The summed E-state index contributed by atoms with van der Waals surface area (Å²) >= 11 is 1.78. The molecule has 44 heavy (non-hydrogen) atoms. The van der Waals surface area contributed by atoms with Crippen LogP contribution in [0.1, 0.15) is 0 Å². The van der Waals surface area contributed by atoms with Crippen LogP contribution in [0, 0.1) is 0 Å². The zero-order valence-corrected chi connectivity index (χ0v) is 24.3. The zero-order chi connectivity index (χ0) is 28.8. The van der Waals surface area contributed by atoms with Gasteiger partial charge in [-0.25, -0.2) is 9.97 Å². The van der Waals surface area contributed by atoms with E-state index in [1.807, 2.05) is 6.07 Å². The highest BCUT2D eigenvalue weighted by Crippen LogP contribution is 2.44. The van der Waals surface area contributed by atoms with Crippen molar-refractivity contribution in [2.24, 2.45) is 0 Å². The van der Waals surface area contributed by atoms with Gasteiger partial charge in [-0.1, -0.05) is 115 Å². The summed E-state index contributed by atoms with van der Waals surface area (Å²) in [6, 6.07) is 50.0. The van der Waals surface area contributed by atoms with E-state index in [4.69, 9.17) is 9.97 Å². The Kier molecular flexibility index (Phi) is 4.87. The van der Waals surface area contributed by atoms with Crippen molar-refractivity contribution in [3.05, 3.63) is 140 Å². The van der Waals surface area contributed by atoms with E-state index >= 15 is 0 Å². The maximum atomic E-state index is 5.40. The van der Waals surface area contributed by atoms with Gasteiger partial charge in [0.15, 0.2) is 11.6 Å². The van der Waals surface area contributed by atoms with E-state index < -0.39 is 0 Å². The van der Waals surface area contributed by atoms with Crippen LogP contribution in [0.15, 0.2) is 140 Å². The van der Waals surface area contributed by atoms with Crippen molar-refractivity contribution in [3.8, 4) is 17.2 Å². The third-order valence-corrected chi connectivity index (χ3v) is 10.1. The molecule has 3 heterocycles. The summed E-state index contributed by atoms with van der Waals surface area (Å²) in [5.74, 6) is 1.65. The number of benzene rings is 7. The van der Waals surface area contributed by atoms with E-state index in [1.54, 1.807) is 11.3 Å². The zero-order valence-electron chi connectivity index (χ0n) is 23.5. The topological polar surface area (TPSA) is 30.7 Å². The van der Waals surface area contributed by atoms with Crippen LogP contribution in [0.25, 0.3) is 91.6 Å². The first-order valence-corrected chi connectivity index (χ1v) is 15.7. The van der Waals surface area contributed by atoms with Gasteiger partial charge < -0.3 is 0 Å². The SMILES string of the molecule is c1ccc(-c2nc(-n3c4ccc5ccccc5c4c4c5ccccc5ccc43)c3sc4cc5ccccc5cc4c3n2)cc1. The lowest BCUT2D eigenvalue weighted by atomic mass is 10.00. The van der Waals surface area contributed by atoms with Crippen LogP contribution in [0.4, 0.5) is 0 Å². The molecule has 0 bridgehead atoms. The molecule has 0 radical (unpaired) electrons. The van der Waals surface area contributed by atoms with Crippen LogP contribution in [0.5, 0.6) is 0 Å². The summed E-state index contributed by atoms with van der Waals surface area (Å²) in [4.78, 5) is 10.7. The standard InChI is InChI=1S/C40H23N3S/c1-2-12-26(13-3-1)39-41-37-31-22-27-14-4-5-15-28(27)23-34(31)44-38(37)40(42-39)43-32-20-18-24-10-6-8-16-29(24)35(32)36-30-17-9-7-11-25(30)19-21-33(36)43/h1-23H. The minimum absolute atomic E-state index is 0.734. The first-order chi connectivity index (χ1) is 21.8. The molecule has 0 atom stereocenters. The van der Waals surface area contributed by atoms with Crippen LogP contribution in [0.2, 0.25) is 0 Å². The van der Waals surface area contributed by atoms with E-state index in [0.717, 1.165) is 38.5 Å². The van der Waals surface area contributed by atoms with Gasteiger partial charge in [0.05, 0.1) is 21.3 Å². The Morgan fingerprint density at radius 3 is 1.70 bits per heavy atom. The Labute approximate surface area is 256 Å². The van der Waals surface area contributed by atoms with Crippen LogP contribution in [-0.2, 0) is 0 Å². The van der Waals surface area contributed by atoms with Gasteiger partial charge in [0.1, 0.15) is 0 Å². The maximum Gasteiger partial charge on any atom is 0.162 e. The molecule has 204 valence electrons. The summed E-state index contributed by atoms with van der Waals surface area (Å²) in [5.41, 5.74) is 4.30. The fraction of sp³-hybridized carbons (Fsp3) is 0. The molecule has 0 aliphatic heterocycles. The smallest absolute Gasteiger partial charge is 0.162 e. The first kappa shape index (κ1) is 23.9. The normalized spacial score (nSPS) is 12.1. The largest absolute Gasteiger partial charge is 0.292 e. The lowest BCUT2D eigenvalue weighted by molar-refractivity contribution is 1.08. The van der Waals surface area contributed by atoms with Crippen molar-refractivity contribution in [1.29, 1.82) is 0 Å². The molecule has 0 N–H and O–H groups in total. The first-order valence-electron chi connectivity index (χ1n) is 14.8. The number of hydrogen-bond acceptors (Lipinski definition) is 3. The van der Waals surface area contributed by atoms with Gasteiger partial charge in [-0.05, 0) is 56.6 Å². The van der Waals surface area contributed by atoms with Crippen LogP contribution < -0.4 is 0 Å². The van der Waals surface area contributed by atoms with Crippen molar-refractivity contribution in [3.63, 3.8) is 0 Å². The van der Waals surface area contributed by atoms with Gasteiger partial charge >= 0.3 is 0 Å². The second kappa shape index (κ2) is 8.96. The highest BCUT2D eigenvalue weighted by molar-refractivity contribution is 7.26. The van der Waals surface area contributed by atoms with Crippen molar-refractivity contribution >= 4 is 85.8 Å². The number of rotatable bonds is 2. The summed E-state index contributed by atoms with van der Waals surface area (Å²) in [7, 11) is 0. The number of thiophene rings is 1. The molecular formula is C40H23N3S. The molecule has 4 heteroatoms. The van der Waals surface area contributed by atoms with Gasteiger partial charge in [0, 0.05) is 26.4 Å². The highest BCUT2D eigenvalue weighted by Gasteiger charge is 2.22. The van der Waals surface area contributed by atoms with Crippen molar-refractivity contribution in [2.45, 2.75) is 0 Å². The second-order valence-electron chi connectivity index (χ2n) is 11.4. The molecule has 0 aliphatic rings. The van der Waals surface area contributed by atoms with Gasteiger partial charge in [0.2, 0.25) is 0 Å². The van der Waals surface area contributed by atoms with E-state index in [0.29, 0.717) is 0 Å². The maximum absolute atomic E-state index is 5.40. The number of fused-ring (bicyclic) bond motifs is 11. The molecule has 0 saturated carbocycles. The van der Waals surface area contributed by atoms with E-state index in [-0.39, 0.29) is 0 Å². The molecular weight excluding hydrogens is 555 g/mol. The van der Waals surface area contributed by atoms with E-state index in [1.165, 1.54) is 53.2 Å². The van der Waals surface area contributed by atoms with Crippen molar-refractivity contribution in [1.82, 2.24) is 14.5 Å². The number of hydrogen-bond donors (Lipinski definition) is 0. The molecule has 3 aromatic heterocycles. The molecule has 0 saturated heterocycles. The van der Waals surface area contributed by atoms with E-state index in [9.17, 15) is 0 Å². The Bertz CT molecular complexity index is 2680. The molecule has 0 aliphatic carbocycles. The fourth-order valence-electron chi connectivity index (χ4n) is 6.96. The fourth-order valence-corrected chi connectivity index (χ4v) is 8.11. The van der Waals surface area contributed by atoms with Crippen LogP contribution in [0.3, 0.4) is 0 Å². The van der Waals surface area contributed by atoms with Crippen molar-refractivity contribution < 1.29 is 0 Å². The Morgan fingerprint density at radius 2 is 1.05 bits per heavy atom. The van der Waals surface area contributed by atoms with Gasteiger partial charge in [-0.15, -0.1) is 11.3 Å². The third-order valence-electron chi connectivity index (χ3n) is 8.95. The van der Waals surface area contributed by atoms with Gasteiger partial charge in [0.25, 0.3) is 0 Å². The molecule has 3 nitrogen and oxygen atoms in total. The molecule has 0 amide bonds. The highest BCUT2D eigenvalue weighted by atomic mass is 32.1. The second-order valence-corrected chi connectivity index (χ2v) is 12.5. The minimum Gasteiger partial charge on any atom is -0.292 e. The number of nitrogens with zero attached hydrogens (tertiary/aromatic N) is 3. The molecule has 0 unspecified atom stereocenters. The molecule has 10 rings (SSSR count). The van der Waals surface area contributed by atoms with Crippen LogP contribution >= 0.6 is 11.3 Å². The quantitative estimate of drug-likeness (QED) is 0.205. The third kappa shape index (κ3) is 3.31. The summed E-state index contributed by atoms with van der Waals surface area (Å²) in [5, 5.41) is 11.1. The molecule has 0 spiro atoms. The predicted octanol–water partition coefficient (Wildman–Crippen LogP) is 11.1. The molecule has 0 fully saturated rings. The monoisotopic (exact) mass is 577 g/mol. The predicted molar refractivity (Wildman–Crippen MR) is 187 cm³/mol. The van der Waals surface area contributed by atoms with E-state index in [2.05, 4.69) is 138 Å². The van der Waals surface area contributed by atoms with Gasteiger partial charge in [-0.2, -0.15) is 0 Å². The minimum atomic E-state index is 0.734. The summed E-state index contributed by atoms with van der Waals surface area (Å²) in [6.45, 7) is 0. The van der Waals surface area contributed by atoms with Gasteiger partial charge in [-0.3, -0.25) is 4.57 Å². The average molecular weight is 578 g/mol. The van der Waals surface area contributed by atoms with Crippen molar-refractivity contribution in [2.75, 3.05) is 0 Å². The van der Waals surface area contributed by atoms with Crippen LogP contribution in [-0.4, -0.2) is 14.5 Å². The Hall–Kier alpha value is -5.58. The molecule has 10 aromatic rings. The Morgan fingerprint density at radius 1 is 0.477 bits per heavy atom. The lowest BCUT2D eigenvalue weighted by Crippen LogP contribution is -2.01.